The van der Waals surface area contributed by atoms with Gasteiger partial charge in [0.1, 0.15) is 36.4 Å². The van der Waals surface area contributed by atoms with E-state index in [1.165, 1.54) is 12.2 Å². The van der Waals surface area contributed by atoms with Gasteiger partial charge in [-0.15, -0.1) is 0 Å². The minimum absolute atomic E-state index is 0. The Balaban J connectivity index is 0.0000101. The van der Waals surface area contributed by atoms with Crippen molar-refractivity contribution < 1.29 is 36.0 Å². The number of ether oxygens (including phenoxy) is 2. The summed E-state index contributed by atoms with van der Waals surface area (Å²) < 4.78 is 11.3. The standard InChI is InChI=1S/C35H46N5O4.ClH/c1-7-38(8-2)32-16-12-28(13-17-32)24-30(26-36)34(41)43-22-11-20-40(5,6)21-23-44-35(42)31(27-37)25-29-14-18-33(19-15-29)39(9-3)10-4;/h12-19,24-25H,7-11,20-23H2,1-6H3;1H/q+1;/p-1/b30-24+,31-25+;. The fourth-order valence-electron chi connectivity index (χ4n) is 4.66. The van der Waals surface area contributed by atoms with E-state index in [2.05, 4.69) is 37.5 Å². The highest BCUT2D eigenvalue weighted by molar-refractivity contribution is 5.98. The van der Waals surface area contributed by atoms with Gasteiger partial charge in [-0.2, -0.15) is 10.5 Å². The molecular formula is C35H46ClN5O4. The number of carbonyl (C=O) groups excluding carboxylic acids is 2. The molecule has 0 amide bonds. The lowest BCUT2D eigenvalue weighted by Crippen LogP contribution is -3.00. The monoisotopic (exact) mass is 635 g/mol. The van der Waals surface area contributed by atoms with Crippen molar-refractivity contribution in [2.45, 2.75) is 34.1 Å². The largest absolute Gasteiger partial charge is 1.00 e. The first-order valence-corrected chi connectivity index (χ1v) is 15.2. The molecular weight excluding hydrogens is 590 g/mol. The van der Waals surface area contributed by atoms with Crippen molar-refractivity contribution in [2.75, 3.05) is 76.4 Å². The number of nitrogens with zero attached hydrogens (tertiary/aromatic N) is 5. The van der Waals surface area contributed by atoms with E-state index in [1.54, 1.807) is 0 Å². The summed E-state index contributed by atoms with van der Waals surface area (Å²) in [6.45, 7) is 13.4. The molecule has 0 N–H and O–H groups in total. The summed E-state index contributed by atoms with van der Waals surface area (Å²) in [5.74, 6) is -1.31. The van der Waals surface area contributed by atoms with Gasteiger partial charge in [0, 0.05) is 44.0 Å². The summed E-state index contributed by atoms with van der Waals surface area (Å²) in [4.78, 5) is 29.5. The van der Waals surface area contributed by atoms with Gasteiger partial charge in [-0.25, -0.2) is 9.59 Å². The highest BCUT2D eigenvalue weighted by Gasteiger charge is 2.19. The van der Waals surface area contributed by atoms with E-state index in [0.717, 1.165) is 48.7 Å². The van der Waals surface area contributed by atoms with E-state index >= 15 is 0 Å². The molecule has 9 nitrogen and oxygen atoms in total. The Bertz CT molecular complexity index is 1360. The molecule has 0 fully saturated rings. The van der Waals surface area contributed by atoms with Crippen molar-refractivity contribution in [3.05, 3.63) is 70.8 Å². The van der Waals surface area contributed by atoms with E-state index in [9.17, 15) is 20.1 Å². The lowest BCUT2D eigenvalue weighted by Gasteiger charge is -2.29. The van der Waals surface area contributed by atoms with Crippen molar-refractivity contribution in [3.63, 3.8) is 0 Å². The van der Waals surface area contributed by atoms with Crippen LogP contribution in [-0.4, -0.2) is 83.0 Å². The number of likely N-dealkylation sites (N-methyl/N-ethyl adjacent to an activating group) is 1. The molecule has 0 aliphatic heterocycles. The fraction of sp³-hybridized carbons (Fsp3) is 0.429. The Morgan fingerprint density at radius 2 is 1.07 bits per heavy atom. The predicted octanol–water partition coefficient (Wildman–Crippen LogP) is 2.45. The topological polar surface area (TPSA) is 107 Å². The molecule has 0 aliphatic rings. The van der Waals surface area contributed by atoms with E-state index in [4.69, 9.17) is 9.47 Å². The van der Waals surface area contributed by atoms with Crippen LogP contribution < -0.4 is 22.2 Å². The first-order valence-electron chi connectivity index (χ1n) is 15.2. The van der Waals surface area contributed by atoms with Gasteiger partial charge in [0.25, 0.3) is 0 Å². The third-order valence-electron chi connectivity index (χ3n) is 7.42. The average Bonchev–Trinajstić information content (AvgIpc) is 3.03. The number of quaternary nitrogens is 1. The third-order valence-corrected chi connectivity index (χ3v) is 7.42. The molecule has 0 heterocycles. The summed E-state index contributed by atoms with van der Waals surface area (Å²) in [5, 5.41) is 19.0. The Kier molecular flexibility index (Phi) is 17.1. The van der Waals surface area contributed by atoms with Gasteiger partial charge in [-0.05, 0) is 75.2 Å². The number of carbonyl (C=O) groups is 2. The van der Waals surface area contributed by atoms with Crippen molar-refractivity contribution in [3.8, 4) is 12.1 Å². The summed E-state index contributed by atoms with van der Waals surface area (Å²) in [6, 6.07) is 19.3. The fourth-order valence-corrected chi connectivity index (χ4v) is 4.66. The number of esters is 2. The van der Waals surface area contributed by atoms with Crippen LogP contribution in [0.3, 0.4) is 0 Å². The Hall–Kier alpha value is -4.31. The zero-order chi connectivity index (χ0) is 32.5. The van der Waals surface area contributed by atoms with Crippen LogP contribution in [0.5, 0.6) is 0 Å². The molecule has 2 aromatic rings. The van der Waals surface area contributed by atoms with Gasteiger partial charge < -0.3 is 36.2 Å². The molecule has 0 saturated carbocycles. The minimum Gasteiger partial charge on any atom is -1.00 e. The summed E-state index contributed by atoms with van der Waals surface area (Å²) in [6.07, 6.45) is 3.64. The lowest BCUT2D eigenvalue weighted by molar-refractivity contribution is -0.890. The Morgan fingerprint density at radius 3 is 1.42 bits per heavy atom. The molecule has 0 unspecified atom stereocenters. The first kappa shape index (κ1) is 38.7. The summed E-state index contributed by atoms with van der Waals surface area (Å²) in [7, 11) is 3.97. The van der Waals surface area contributed by atoms with Crippen molar-refractivity contribution >= 4 is 35.5 Å². The molecule has 0 radical (unpaired) electrons. The van der Waals surface area contributed by atoms with Crippen LogP contribution in [-0.2, 0) is 19.1 Å². The maximum atomic E-state index is 12.5. The van der Waals surface area contributed by atoms with Crippen LogP contribution in [0.25, 0.3) is 12.2 Å². The molecule has 2 aromatic carbocycles. The van der Waals surface area contributed by atoms with Gasteiger partial charge in [0.15, 0.2) is 0 Å². The van der Waals surface area contributed by atoms with Crippen LogP contribution in [0.1, 0.15) is 45.2 Å². The van der Waals surface area contributed by atoms with Gasteiger partial charge in [0.2, 0.25) is 0 Å². The maximum absolute atomic E-state index is 12.5. The van der Waals surface area contributed by atoms with Gasteiger partial charge in [-0.3, -0.25) is 0 Å². The number of nitriles is 2. The van der Waals surface area contributed by atoms with Crippen molar-refractivity contribution in [1.29, 1.82) is 10.5 Å². The highest BCUT2D eigenvalue weighted by Crippen LogP contribution is 2.18. The second kappa shape index (κ2) is 19.9. The van der Waals surface area contributed by atoms with Crippen LogP contribution >= 0.6 is 0 Å². The number of hydrogen-bond donors (Lipinski definition) is 0. The molecule has 10 heteroatoms. The molecule has 0 aromatic heterocycles. The lowest BCUT2D eigenvalue weighted by atomic mass is 10.1. The second-order valence-corrected chi connectivity index (χ2v) is 10.9. The highest BCUT2D eigenvalue weighted by atomic mass is 35.5. The SMILES string of the molecule is CCN(CC)c1ccc(/C=C(\C#N)C(=O)OCCC[N+](C)(C)CCOC(=O)/C(C#N)=C/c2ccc(N(CC)CC)cc2)cc1.[Cl-]. The number of hydrogen-bond acceptors (Lipinski definition) is 8. The van der Waals surface area contributed by atoms with Crippen molar-refractivity contribution in [1.82, 2.24) is 0 Å². The van der Waals surface area contributed by atoms with Gasteiger partial charge in [0.05, 0.1) is 27.2 Å². The average molecular weight is 636 g/mol. The summed E-state index contributed by atoms with van der Waals surface area (Å²) >= 11 is 0. The molecule has 2 rings (SSSR count). The van der Waals surface area contributed by atoms with E-state index in [0.29, 0.717) is 24.0 Å². The molecule has 0 spiro atoms. The second-order valence-electron chi connectivity index (χ2n) is 10.9. The molecule has 0 bridgehead atoms. The Morgan fingerprint density at radius 1 is 0.689 bits per heavy atom. The van der Waals surface area contributed by atoms with E-state index < -0.39 is 11.9 Å². The number of benzene rings is 2. The number of rotatable bonds is 17. The van der Waals surface area contributed by atoms with Gasteiger partial charge >= 0.3 is 11.9 Å². The van der Waals surface area contributed by atoms with Crippen LogP contribution in [0.2, 0.25) is 0 Å². The minimum atomic E-state index is -0.659. The van der Waals surface area contributed by atoms with Crippen LogP contribution in [0, 0.1) is 22.7 Å². The maximum Gasteiger partial charge on any atom is 0.349 e. The molecule has 242 valence electrons. The van der Waals surface area contributed by atoms with Gasteiger partial charge in [-0.1, -0.05) is 24.3 Å². The number of halogens is 1. The summed E-state index contributed by atoms with van der Waals surface area (Å²) in [5.41, 5.74) is 3.57. The number of anilines is 2. The van der Waals surface area contributed by atoms with Crippen molar-refractivity contribution in [2.24, 2.45) is 0 Å². The van der Waals surface area contributed by atoms with E-state index in [1.807, 2.05) is 74.8 Å². The smallest absolute Gasteiger partial charge is 0.349 e. The third kappa shape index (κ3) is 12.7. The zero-order valence-corrected chi connectivity index (χ0v) is 28.1. The van der Waals surface area contributed by atoms with Crippen LogP contribution in [0.4, 0.5) is 11.4 Å². The van der Waals surface area contributed by atoms with E-state index in [-0.39, 0.29) is 36.8 Å². The Labute approximate surface area is 274 Å². The normalized spacial score (nSPS) is 11.5. The molecule has 45 heavy (non-hydrogen) atoms. The predicted molar refractivity (Wildman–Crippen MR) is 176 cm³/mol. The zero-order valence-electron chi connectivity index (χ0n) is 27.4. The molecule has 0 atom stereocenters. The molecule has 0 saturated heterocycles. The molecule has 0 aliphatic carbocycles. The first-order chi connectivity index (χ1) is 21.1. The quantitative estimate of drug-likeness (QED) is 0.0858. The van der Waals surface area contributed by atoms with Crippen LogP contribution in [0.15, 0.2) is 59.7 Å².